The van der Waals surface area contributed by atoms with Gasteiger partial charge in [-0.15, -0.1) is 0 Å². The predicted octanol–water partition coefficient (Wildman–Crippen LogP) is 4.38. The lowest BCUT2D eigenvalue weighted by Crippen LogP contribution is -2.33. The Bertz CT molecular complexity index is 802. The van der Waals surface area contributed by atoms with E-state index in [1.54, 1.807) is 12.4 Å². The number of nitrogens with one attached hydrogen (secondary N) is 1. The molecule has 154 valence electrons. The zero-order valence-corrected chi connectivity index (χ0v) is 17.3. The van der Waals surface area contributed by atoms with Gasteiger partial charge in [-0.2, -0.15) is 0 Å². The summed E-state index contributed by atoms with van der Waals surface area (Å²) in [6.07, 6.45) is 11.8. The highest BCUT2D eigenvalue weighted by molar-refractivity contribution is 6.06. The lowest BCUT2D eigenvalue weighted by molar-refractivity contribution is 0.0986. The third-order valence-electron chi connectivity index (χ3n) is 6.05. The molecular formula is C24H32N4O. The molecule has 1 saturated heterocycles. The lowest BCUT2D eigenvalue weighted by atomic mass is 10.1. The van der Waals surface area contributed by atoms with E-state index >= 15 is 0 Å². The number of hydrogen-bond acceptors (Lipinski definition) is 4. The molecule has 1 fully saturated rings. The molecule has 2 aromatic rings. The van der Waals surface area contributed by atoms with Crippen molar-refractivity contribution in [3.05, 3.63) is 53.9 Å². The van der Waals surface area contributed by atoms with Crippen molar-refractivity contribution >= 4 is 17.3 Å². The van der Waals surface area contributed by atoms with Gasteiger partial charge in [0, 0.05) is 55.5 Å². The SMILES string of the molecule is O=C(c1ccncc1)N1CCCCCCCNCc2cc(N3CCCC3)ccc21. The summed E-state index contributed by atoms with van der Waals surface area (Å²) >= 11 is 0. The van der Waals surface area contributed by atoms with Crippen LogP contribution in [0.5, 0.6) is 0 Å². The van der Waals surface area contributed by atoms with Gasteiger partial charge in [0.05, 0.1) is 0 Å². The zero-order chi connectivity index (χ0) is 19.9. The minimum absolute atomic E-state index is 0.0691. The van der Waals surface area contributed by atoms with E-state index in [2.05, 4.69) is 33.4 Å². The number of carbonyl (C=O) groups is 1. The predicted molar refractivity (Wildman–Crippen MR) is 119 cm³/mol. The fourth-order valence-corrected chi connectivity index (χ4v) is 4.40. The second kappa shape index (κ2) is 9.88. The number of fused-ring (bicyclic) bond motifs is 1. The Hall–Kier alpha value is -2.40. The van der Waals surface area contributed by atoms with Crippen LogP contribution in [0.25, 0.3) is 0 Å². The van der Waals surface area contributed by atoms with E-state index < -0.39 is 0 Å². The number of nitrogens with zero attached hydrogens (tertiary/aromatic N) is 3. The molecule has 1 aromatic carbocycles. The maximum atomic E-state index is 13.4. The highest BCUT2D eigenvalue weighted by Gasteiger charge is 2.22. The average Bonchev–Trinajstić information content (AvgIpc) is 3.29. The molecule has 4 rings (SSSR count). The fourth-order valence-electron chi connectivity index (χ4n) is 4.40. The van der Waals surface area contributed by atoms with Crippen molar-refractivity contribution in [2.24, 2.45) is 0 Å². The van der Waals surface area contributed by atoms with Gasteiger partial charge in [0.2, 0.25) is 0 Å². The average molecular weight is 393 g/mol. The summed E-state index contributed by atoms with van der Waals surface area (Å²) in [6, 6.07) is 10.3. The van der Waals surface area contributed by atoms with E-state index in [9.17, 15) is 4.79 Å². The number of pyridine rings is 1. The highest BCUT2D eigenvalue weighted by atomic mass is 16.2. The summed E-state index contributed by atoms with van der Waals surface area (Å²) < 4.78 is 0. The van der Waals surface area contributed by atoms with Crippen molar-refractivity contribution in [1.29, 1.82) is 0 Å². The number of rotatable bonds is 2. The van der Waals surface area contributed by atoms with E-state index in [1.807, 2.05) is 17.0 Å². The molecule has 0 aliphatic carbocycles. The number of carbonyl (C=O) groups excluding carboxylic acids is 1. The molecule has 1 aromatic heterocycles. The van der Waals surface area contributed by atoms with Gasteiger partial charge in [0.25, 0.3) is 5.91 Å². The third kappa shape index (κ3) is 4.96. The Morgan fingerprint density at radius 3 is 2.41 bits per heavy atom. The first-order chi connectivity index (χ1) is 14.3. The van der Waals surface area contributed by atoms with E-state index in [1.165, 1.54) is 49.8 Å². The van der Waals surface area contributed by atoms with Gasteiger partial charge in [-0.05, 0) is 68.1 Å². The fraction of sp³-hybridized carbons (Fsp3) is 0.500. The van der Waals surface area contributed by atoms with Crippen molar-refractivity contribution in [3.63, 3.8) is 0 Å². The van der Waals surface area contributed by atoms with Crippen LogP contribution in [0.15, 0.2) is 42.7 Å². The quantitative estimate of drug-likeness (QED) is 0.824. The molecule has 0 saturated carbocycles. The van der Waals surface area contributed by atoms with Crippen molar-refractivity contribution < 1.29 is 4.79 Å². The number of hydrogen-bond donors (Lipinski definition) is 1. The summed E-state index contributed by atoms with van der Waals surface area (Å²) in [7, 11) is 0. The first-order valence-electron chi connectivity index (χ1n) is 11.1. The minimum Gasteiger partial charge on any atom is -0.372 e. The number of anilines is 2. The van der Waals surface area contributed by atoms with Crippen LogP contribution >= 0.6 is 0 Å². The Morgan fingerprint density at radius 1 is 0.862 bits per heavy atom. The van der Waals surface area contributed by atoms with Crippen molar-refractivity contribution in [2.45, 2.75) is 51.5 Å². The van der Waals surface area contributed by atoms with Gasteiger partial charge in [-0.25, -0.2) is 0 Å². The zero-order valence-electron chi connectivity index (χ0n) is 17.3. The van der Waals surface area contributed by atoms with Gasteiger partial charge in [-0.1, -0.05) is 19.3 Å². The van der Waals surface area contributed by atoms with E-state index in [4.69, 9.17) is 0 Å². The van der Waals surface area contributed by atoms with Gasteiger partial charge >= 0.3 is 0 Å². The van der Waals surface area contributed by atoms with E-state index in [0.29, 0.717) is 5.56 Å². The molecule has 0 unspecified atom stereocenters. The number of aromatic nitrogens is 1. The molecule has 2 aliphatic heterocycles. The maximum absolute atomic E-state index is 13.4. The third-order valence-corrected chi connectivity index (χ3v) is 6.05. The minimum atomic E-state index is 0.0691. The van der Waals surface area contributed by atoms with E-state index in [0.717, 1.165) is 44.8 Å². The molecule has 2 aliphatic rings. The second-order valence-corrected chi connectivity index (χ2v) is 8.14. The normalized spacial score (nSPS) is 18.6. The van der Waals surface area contributed by atoms with Crippen molar-refractivity contribution in [2.75, 3.05) is 36.0 Å². The van der Waals surface area contributed by atoms with Crippen LogP contribution in [0.3, 0.4) is 0 Å². The van der Waals surface area contributed by atoms with Gasteiger partial charge < -0.3 is 15.1 Å². The monoisotopic (exact) mass is 392 g/mol. The first-order valence-corrected chi connectivity index (χ1v) is 11.1. The van der Waals surface area contributed by atoms with Crippen LogP contribution in [-0.4, -0.2) is 37.1 Å². The number of benzene rings is 1. The van der Waals surface area contributed by atoms with Crippen LogP contribution in [0, 0.1) is 0 Å². The second-order valence-electron chi connectivity index (χ2n) is 8.14. The van der Waals surface area contributed by atoms with E-state index in [-0.39, 0.29) is 5.91 Å². The lowest BCUT2D eigenvalue weighted by Gasteiger charge is -2.28. The summed E-state index contributed by atoms with van der Waals surface area (Å²) in [4.78, 5) is 21.9. The first kappa shape index (κ1) is 19.9. The summed E-state index contributed by atoms with van der Waals surface area (Å²) in [6.45, 7) is 4.86. The molecule has 1 amide bonds. The van der Waals surface area contributed by atoms with Gasteiger partial charge in [-0.3, -0.25) is 9.78 Å². The summed E-state index contributed by atoms with van der Waals surface area (Å²) in [5, 5.41) is 3.61. The van der Waals surface area contributed by atoms with Crippen LogP contribution < -0.4 is 15.1 Å². The summed E-state index contributed by atoms with van der Waals surface area (Å²) in [5.41, 5.74) is 4.25. The highest BCUT2D eigenvalue weighted by Crippen LogP contribution is 2.30. The molecule has 5 heteroatoms. The molecule has 0 atom stereocenters. The Balaban J connectivity index is 1.68. The smallest absolute Gasteiger partial charge is 0.258 e. The molecule has 3 heterocycles. The standard InChI is InChI=1S/C24H32N4O/c29-24(20-10-13-25-14-11-20)28-17-5-3-1-2-4-12-26-19-21-18-22(8-9-23(21)28)27-15-6-7-16-27/h8-11,13-14,18,26H,1-7,12,15-17,19H2. The van der Waals surface area contributed by atoms with Crippen molar-refractivity contribution in [3.8, 4) is 0 Å². The topological polar surface area (TPSA) is 48.5 Å². The molecule has 0 spiro atoms. The van der Waals surface area contributed by atoms with Crippen LogP contribution in [-0.2, 0) is 6.54 Å². The van der Waals surface area contributed by atoms with Crippen LogP contribution in [0.2, 0.25) is 0 Å². The Morgan fingerprint density at radius 2 is 1.59 bits per heavy atom. The molecular weight excluding hydrogens is 360 g/mol. The van der Waals surface area contributed by atoms with Gasteiger partial charge in [0.1, 0.15) is 0 Å². The molecule has 0 radical (unpaired) electrons. The molecule has 29 heavy (non-hydrogen) atoms. The van der Waals surface area contributed by atoms with Crippen molar-refractivity contribution in [1.82, 2.24) is 10.3 Å². The number of amides is 1. The van der Waals surface area contributed by atoms with Crippen LogP contribution in [0.1, 0.15) is 60.9 Å². The van der Waals surface area contributed by atoms with Gasteiger partial charge in [0.15, 0.2) is 0 Å². The van der Waals surface area contributed by atoms with Crippen LogP contribution in [0.4, 0.5) is 11.4 Å². The molecule has 5 nitrogen and oxygen atoms in total. The molecule has 0 bridgehead atoms. The maximum Gasteiger partial charge on any atom is 0.258 e. The Labute approximate surface area is 174 Å². The molecule has 1 N–H and O–H groups in total. The Kier molecular flexibility index (Phi) is 6.78. The largest absolute Gasteiger partial charge is 0.372 e. The summed E-state index contributed by atoms with van der Waals surface area (Å²) in [5.74, 6) is 0.0691.